The van der Waals surface area contributed by atoms with E-state index in [4.69, 9.17) is 28.5 Å². The van der Waals surface area contributed by atoms with E-state index in [0.29, 0.717) is 35.4 Å². The molecule has 0 spiro atoms. The lowest BCUT2D eigenvalue weighted by atomic mass is 10.1. The summed E-state index contributed by atoms with van der Waals surface area (Å²) in [5.74, 6) is 0. The summed E-state index contributed by atoms with van der Waals surface area (Å²) in [5.41, 5.74) is 5.34. The van der Waals surface area contributed by atoms with Crippen LogP contribution < -0.4 is 4.90 Å². The van der Waals surface area contributed by atoms with Gasteiger partial charge in [0.1, 0.15) is 0 Å². The topological polar surface area (TPSA) is 65.2 Å². The van der Waals surface area contributed by atoms with Crippen molar-refractivity contribution < 1.29 is 4.79 Å². The first-order valence-electron chi connectivity index (χ1n) is 11.9. The molecule has 8 heteroatoms. The van der Waals surface area contributed by atoms with Crippen LogP contribution in [0.15, 0.2) is 42.7 Å². The van der Waals surface area contributed by atoms with Crippen LogP contribution >= 0.6 is 23.2 Å². The minimum absolute atomic E-state index is 0.0488. The van der Waals surface area contributed by atoms with E-state index in [1.54, 1.807) is 18.5 Å². The van der Waals surface area contributed by atoms with Gasteiger partial charge in [0.2, 0.25) is 0 Å². The lowest BCUT2D eigenvalue weighted by Crippen LogP contribution is -2.35. The molecule has 0 saturated carbocycles. The molecule has 2 heterocycles. The molecular formula is C27H29Cl2N5O. The lowest BCUT2D eigenvalue weighted by Gasteiger charge is -2.24. The molecule has 0 N–H and O–H groups in total. The van der Waals surface area contributed by atoms with Gasteiger partial charge >= 0.3 is 6.03 Å². The third-order valence-electron chi connectivity index (χ3n) is 6.78. The maximum Gasteiger partial charge on any atom is 0.325 e. The number of imidazole rings is 1. The zero-order chi connectivity index (χ0) is 25.1. The Bertz CT molecular complexity index is 1260. The summed E-state index contributed by atoms with van der Waals surface area (Å²) in [5, 5.41) is 10.0. The van der Waals surface area contributed by atoms with Gasteiger partial charge in [-0.1, -0.05) is 61.2 Å². The van der Waals surface area contributed by atoms with Gasteiger partial charge in [0.05, 0.1) is 47.0 Å². The number of aromatic nitrogens is 2. The quantitative estimate of drug-likeness (QED) is 0.338. The number of urea groups is 1. The summed E-state index contributed by atoms with van der Waals surface area (Å²) < 4.78 is 1.97. The number of amides is 2. The van der Waals surface area contributed by atoms with Crippen molar-refractivity contribution in [2.45, 2.75) is 59.2 Å². The number of unbranched alkanes of at least 4 members (excludes halogenated alkanes) is 1. The van der Waals surface area contributed by atoms with Crippen LogP contribution in [0.25, 0.3) is 0 Å². The lowest BCUT2D eigenvalue weighted by molar-refractivity contribution is 0.197. The van der Waals surface area contributed by atoms with E-state index >= 15 is 0 Å². The summed E-state index contributed by atoms with van der Waals surface area (Å²) >= 11 is 13.1. The van der Waals surface area contributed by atoms with E-state index < -0.39 is 0 Å². The van der Waals surface area contributed by atoms with Crippen LogP contribution in [-0.2, 0) is 13.1 Å². The molecule has 3 aromatic rings. The molecule has 1 aliphatic heterocycles. The third-order valence-corrected chi connectivity index (χ3v) is 7.40. The molecule has 1 fully saturated rings. The van der Waals surface area contributed by atoms with Crippen molar-refractivity contribution in [2.24, 2.45) is 0 Å². The number of hydrogen-bond acceptors (Lipinski definition) is 3. The average molecular weight is 510 g/mol. The van der Waals surface area contributed by atoms with Crippen LogP contribution in [0, 0.1) is 25.2 Å². The Morgan fingerprint density at radius 2 is 1.86 bits per heavy atom. The molecule has 182 valence electrons. The van der Waals surface area contributed by atoms with Crippen LogP contribution in [0.1, 0.15) is 54.1 Å². The summed E-state index contributed by atoms with van der Waals surface area (Å²) in [6.45, 7) is 7.70. The fourth-order valence-electron chi connectivity index (χ4n) is 4.59. The second kappa shape index (κ2) is 10.7. The Morgan fingerprint density at radius 3 is 2.54 bits per heavy atom. The van der Waals surface area contributed by atoms with Crippen LogP contribution in [0.4, 0.5) is 10.5 Å². The van der Waals surface area contributed by atoms with Crippen molar-refractivity contribution in [1.29, 1.82) is 5.26 Å². The summed E-state index contributed by atoms with van der Waals surface area (Å²) in [4.78, 5) is 21.8. The predicted molar refractivity (Wildman–Crippen MR) is 140 cm³/mol. The number of carbonyl (C=O) groups excluding carboxylic acids is 1. The van der Waals surface area contributed by atoms with Gasteiger partial charge in [-0.3, -0.25) is 4.90 Å². The molecule has 1 saturated heterocycles. The summed E-state index contributed by atoms with van der Waals surface area (Å²) in [7, 11) is 0. The number of rotatable bonds is 8. The van der Waals surface area contributed by atoms with Crippen molar-refractivity contribution in [1.82, 2.24) is 14.5 Å². The zero-order valence-electron chi connectivity index (χ0n) is 20.3. The Labute approximate surface area is 216 Å². The molecule has 35 heavy (non-hydrogen) atoms. The molecule has 1 atom stereocenters. The first kappa shape index (κ1) is 25.1. The molecule has 0 aliphatic carbocycles. The standard InChI is InChI=1S/C27H29Cl2N5O/c1-4-5-6-22-15-34(25-19(3)18(2)7-12-23(25)28)27(35)33(22)16-24-26(29)31-17-32(24)14-21-10-8-20(13-30)9-11-21/h7-12,17,22H,4-6,14-16H2,1-3H3/t22-/m0/s1. The Kier molecular flexibility index (Phi) is 7.69. The number of anilines is 1. The number of benzene rings is 2. The molecule has 4 rings (SSSR count). The minimum atomic E-state index is -0.0658. The van der Waals surface area contributed by atoms with Gasteiger partial charge in [-0.25, -0.2) is 9.78 Å². The highest BCUT2D eigenvalue weighted by Crippen LogP contribution is 2.37. The molecular weight excluding hydrogens is 481 g/mol. The Morgan fingerprint density at radius 1 is 1.11 bits per heavy atom. The van der Waals surface area contributed by atoms with Crippen LogP contribution in [0.5, 0.6) is 0 Å². The van der Waals surface area contributed by atoms with Gasteiger partial charge in [0, 0.05) is 13.1 Å². The van der Waals surface area contributed by atoms with E-state index in [0.717, 1.165) is 47.3 Å². The molecule has 0 unspecified atom stereocenters. The Balaban J connectivity index is 1.63. The van der Waals surface area contributed by atoms with E-state index in [1.165, 1.54) is 0 Å². The fourth-order valence-corrected chi connectivity index (χ4v) is 5.11. The van der Waals surface area contributed by atoms with E-state index in [-0.39, 0.29) is 12.1 Å². The van der Waals surface area contributed by atoms with Gasteiger partial charge in [-0.2, -0.15) is 5.26 Å². The monoisotopic (exact) mass is 509 g/mol. The molecule has 2 aromatic carbocycles. The molecule has 0 radical (unpaired) electrons. The zero-order valence-corrected chi connectivity index (χ0v) is 21.8. The second-order valence-electron chi connectivity index (χ2n) is 9.07. The molecule has 6 nitrogen and oxygen atoms in total. The number of halogens is 2. The first-order chi connectivity index (χ1) is 16.8. The van der Waals surface area contributed by atoms with Crippen LogP contribution in [0.2, 0.25) is 10.2 Å². The number of hydrogen-bond donors (Lipinski definition) is 0. The maximum atomic E-state index is 13.8. The van der Waals surface area contributed by atoms with Crippen molar-refractivity contribution in [2.75, 3.05) is 11.4 Å². The fraction of sp³-hybridized carbons (Fsp3) is 0.370. The summed E-state index contributed by atoms with van der Waals surface area (Å²) in [6.07, 6.45) is 4.70. The van der Waals surface area contributed by atoms with Crippen molar-refractivity contribution in [3.05, 3.63) is 80.8 Å². The number of carbonyl (C=O) groups is 1. The maximum absolute atomic E-state index is 13.8. The van der Waals surface area contributed by atoms with Crippen LogP contribution in [-0.4, -0.2) is 33.1 Å². The van der Waals surface area contributed by atoms with Gasteiger partial charge in [0.25, 0.3) is 0 Å². The number of nitrogens with zero attached hydrogens (tertiary/aromatic N) is 5. The average Bonchev–Trinajstić information content (AvgIpc) is 3.35. The highest BCUT2D eigenvalue weighted by molar-refractivity contribution is 6.34. The third kappa shape index (κ3) is 5.17. The van der Waals surface area contributed by atoms with Gasteiger partial charge in [0.15, 0.2) is 5.15 Å². The highest BCUT2D eigenvalue weighted by atomic mass is 35.5. The van der Waals surface area contributed by atoms with Crippen molar-refractivity contribution >= 4 is 34.9 Å². The SMILES string of the molecule is CCCC[C@H]1CN(c2c(Cl)ccc(C)c2C)C(=O)N1Cc1c(Cl)ncn1Cc1ccc(C#N)cc1. The Hall–Kier alpha value is -3.01. The second-order valence-corrected chi connectivity index (χ2v) is 9.84. The molecule has 0 bridgehead atoms. The minimum Gasteiger partial charge on any atom is -0.327 e. The van der Waals surface area contributed by atoms with Crippen molar-refractivity contribution in [3.8, 4) is 6.07 Å². The highest BCUT2D eigenvalue weighted by Gasteiger charge is 2.39. The first-order valence-corrected chi connectivity index (χ1v) is 12.6. The van der Waals surface area contributed by atoms with Gasteiger partial charge < -0.3 is 9.47 Å². The number of aryl methyl sites for hydroxylation is 1. The van der Waals surface area contributed by atoms with Gasteiger partial charge in [-0.05, 0) is 55.2 Å². The van der Waals surface area contributed by atoms with Crippen molar-refractivity contribution in [3.63, 3.8) is 0 Å². The van der Waals surface area contributed by atoms with Gasteiger partial charge in [-0.15, -0.1) is 0 Å². The molecule has 1 aromatic heterocycles. The largest absolute Gasteiger partial charge is 0.327 e. The predicted octanol–water partition coefficient (Wildman–Crippen LogP) is 6.73. The summed E-state index contributed by atoms with van der Waals surface area (Å²) in [6, 6.07) is 13.4. The van der Waals surface area contributed by atoms with Crippen LogP contribution in [0.3, 0.4) is 0 Å². The van der Waals surface area contributed by atoms with E-state index in [2.05, 4.69) is 18.0 Å². The van der Waals surface area contributed by atoms with E-state index in [9.17, 15) is 4.79 Å². The normalized spacial score (nSPS) is 15.7. The molecule has 1 aliphatic rings. The molecule has 2 amide bonds. The number of nitriles is 1. The van der Waals surface area contributed by atoms with E-state index in [1.807, 2.05) is 52.5 Å². The smallest absolute Gasteiger partial charge is 0.325 e.